The van der Waals surface area contributed by atoms with Gasteiger partial charge in [-0.1, -0.05) is 17.7 Å². The van der Waals surface area contributed by atoms with Crippen LogP contribution in [0.15, 0.2) is 23.1 Å². The number of halogens is 2. The molecule has 0 saturated carbocycles. The van der Waals surface area contributed by atoms with Crippen LogP contribution in [0.3, 0.4) is 0 Å². The molecule has 0 heterocycles. The summed E-state index contributed by atoms with van der Waals surface area (Å²) in [5, 5.41) is 13.4. The van der Waals surface area contributed by atoms with Gasteiger partial charge in [0.15, 0.2) is 4.90 Å². The highest BCUT2D eigenvalue weighted by Crippen LogP contribution is 2.30. The maximum atomic E-state index is 11.9. The van der Waals surface area contributed by atoms with Crippen molar-refractivity contribution >= 4 is 39.7 Å². The first-order valence-corrected chi connectivity index (χ1v) is 6.83. The lowest BCUT2D eigenvalue weighted by atomic mass is 10.3. The third kappa shape index (κ3) is 4.59. The minimum absolute atomic E-state index is 0. The number of nitro groups is 1. The van der Waals surface area contributed by atoms with Crippen LogP contribution in [0, 0.1) is 10.1 Å². The Morgan fingerprint density at radius 1 is 1.37 bits per heavy atom. The molecule has 0 radical (unpaired) electrons. The van der Waals surface area contributed by atoms with Gasteiger partial charge in [0.05, 0.1) is 9.95 Å². The molecule has 0 bridgehead atoms. The van der Waals surface area contributed by atoms with Crippen molar-refractivity contribution in [3.63, 3.8) is 0 Å². The fourth-order valence-electron chi connectivity index (χ4n) is 1.29. The van der Waals surface area contributed by atoms with Crippen LogP contribution < -0.4 is 10.0 Å². The van der Waals surface area contributed by atoms with E-state index in [0.717, 1.165) is 6.07 Å². The highest BCUT2D eigenvalue weighted by molar-refractivity contribution is 7.89. The van der Waals surface area contributed by atoms with Crippen molar-refractivity contribution in [2.75, 3.05) is 20.1 Å². The fourth-order valence-corrected chi connectivity index (χ4v) is 3.02. The second kappa shape index (κ2) is 7.61. The number of hydrogen-bond donors (Lipinski definition) is 2. The minimum Gasteiger partial charge on any atom is -0.318 e. The molecule has 1 rings (SSSR count). The lowest BCUT2D eigenvalue weighted by Gasteiger charge is -2.08. The standard InChI is InChI=1S/C9H12ClN3O4S.ClH/c1-11-5-6-12-18(16,17)9-7(10)3-2-4-8(9)13(14)15;/h2-4,11-12H,5-6H2,1H3;1H. The van der Waals surface area contributed by atoms with Gasteiger partial charge in [0, 0.05) is 19.2 Å². The molecule has 10 heteroatoms. The Balaban J connectivity index is 0.00000324. The highest BCUT2D eigenvalue weighted by atomic mass is 35.5. The third-order valence-corrected chi connectivity index (χ3v) is 4.06. The zero-order chi connectivity index (χ0) is 13.8. The lowest BCUT2D eigenvalue weighted by Crippen LogP contribution is -2.31. The van der Waals surface area contributed by atoms with Crippen molar-refractivity contribution in [1.82, 2.24) is 10.0 Å². The summed E-state index contributed by atoms with van der Waals surface area (Å²) in [5.41, 5.74) is -0.542. The number of likely N-dealkylation sites (N-methyl/N-ethyl adjacent to an activating group) is 1. The zero-order valence-corrected chi connectivity index (χ0v) is 12.3. The van der Waals surface area contributed by atoms with Crippen molar-refractivity contribution < 1.29 is 13.3 Å². The van der Waals surface area contributed by atoms with Gasteiger partial charge in [0.2, 0.25) is 10.0 Å². The van der Waals surface area contributed by atoms with Crippen molar-refractivity contribution in [2.24, 2.45) is 0 Å². The van der Waals surface area contributed by atoms with E-state index in [2.05, 4.69) is 10.0 Å². The van der Waals surface area contributed by atoms with Gasteiger partial charge >= 0.3 is 0 Å². The van der Waals surface area contributed by atoms with Crippen LogP contribution >= 0.6 is 24.0 Å². The lowest BCUT2D eigenvalue weighted by molar-refractivity contribution is -0.387. The van der Waals surface area contributed by atoms with Crippen molar-refractivity contribution in [3.05, 3.63) is 33.3 Å². The number of nitrogens with one attached hydrogen (secondary N) is 2. The zero-order valence-electron chi connectivity index (χ0n) is 9.92. The SMILES string of the molecule is CNCCNS(=O)(=O)c1c(Cl)cccc1[N+](=O)[O-].Cl. The van der Waals surface area contributed by atoms with Gasteiger partial charge in [-0.15, -0.1) is 12.4 Å². The molecule has 0 aliphatic heterocycles. The Bertz CT molecular complexity index is 550. The van der Waals surface area contributed by atoms with Gasteiger partial charge in [-0.3, -0.25) is 10.1 Å². The molecule has 0 atom stereocenters. The molecule has 0 aromatic heterocycles. The first-order chi connectivity index (χ1) is 8.40. The Hall–Kier alpha value is -0.930. The molecule has 1 aromatic carbocycles. The summed E-state index contributed by atoms with van der Waals surface area (Å²) in [5.74, 6) is 0. The third-order valence-electron chi connectivity index (χ3n) is 2.08. The van der Waals surface area contributed by atoms with E-state index in [-0.39, 0.29) is 24.0 Å². The van der Waals surface area contributed by atoms with Crippen molar-refractivity contribution in [1.29, 1.82) is 0 Å². The number of sulfonamides is 1. The van der Waals surface area contributed by atoms with Crippen LogP contribution in [0.2, 0.25) is 5.02 Å². The van der Waals surface area contributed by atoms with Gasteiger partial charge in [-0.2, -0.15) is 0 Å². The Morgan fingerprint density at radius 3 is 2.53 bits per heavy atom. The number of rotatable bonds is 6. The summed E-state index contributed by atoms with van der Waals surface area (Å²) >= 11 is 5.73. The molecule has 1 aromatic rings. The molecule has 0 saturated heterocycles. The van der Waals surface area contributed by atoms with Crippen LogP contribution in [0.5, 0.6) is 0 Å². The molecule has 0 unspecified atom stereocenters. The summed E-state index contributed by atoms with van der Waals surface area (Å²) in [6.07, 6.45) is 0. The van der Waals surface area contributed by atoms with Gasteiger partial charge in [-0.25, -0.2) is 13.1 Å². The molecule has 19 heavy (non-hydrogen) atoms. The summed E-state index contributed by atoms with van der Waals surface area (Å²) < 4.78 is 26.1. The van der Waals surface area contributed by atoms with Crippen LogP contribution in [0.4, 0.5) is 5.69 Å². The predicted octanol–water partition coefficient (Wildman–Crippen LogP) is 1.17. The average Bonchev–Trinajstić information content (AvgIpc) is 2.28. The van der Waals surface area contributed by atoms with E-state index in [1.807, 2.05) is 0 Å². The largest absolute Gasteiger partial charge is 0.318 e. The minimum atomic E-state index is -4.00. The van der Waals surface area contributed by atoms with E-state index in [4.69, 9.17) is 11.6 Å². The maximum absolute atomic E-state index is 11.9. The summed E-state index contributed by atoms with van der Waals surface area (Å²) in [6.45, 7) is 0.513. The first-order valence-electron chi connectivity index (χ1n) is 4.97. The van der Waals surface area contributed by atoms with E-state index in [1.165, 1.54) is 12.1 Å². The molecule has 108 valence electrons. The molecule has 2 N–H and O–H groups in total. The summed E-state index contributed by atoms with van der Waals surface area (Å²) in [7, 11) is -2.34. The number of nitrogens with zero attached hydrogens (tertiary/aromatic N) is 1. The Kier molecular flexibility index (Phi) is 7.24. The molecule has 7 nitrogen and oxygen atoms in total. The van der Waals surface area contributed by atoms with E-state index in [0.29, 0.717) is 6.54 Å². The van der Waals surface area contributed by atoms with Crippen molar-refractivity contribution in [3.8, 4) is 0 Å². The number of nitro benzene ring substituents is 1. The van der Waals surface area contributed by atoms with E-state index in [1.54, 1.807) is 7.05 Å². The number of benzene rings is 1. The molecule has 0 amide bonds. The second-order valence-electron chi connectivity index (χ2n) is 3.35. The van der Waals surface area contributed by atoms with Gasteiger partial charge in [0.25, 0.3) is 5.69 Å². The summed E-state index contributed by atoms with van der Waals surface area (Å²) in [6, 6.07) is 3.72. The van der Waals surface area contributed by atoms with Crippen LogP contribution in [-0.4, -0.2) is 33.5 Å². The Morgan fingerprint density at radius 2 is 2.00 bits per heavy atom. The topological polar surface area (TPSA) is 101 Å². The smallest absolute Gasteiger partial charge is 0.290 e. The van der Waals surface area contributed by atoms with Gasteiger partial charge in [0.1, 0.15) is 0 Å². The normalized spacial score (nSPS) is 10.8. The van der Waals surface area contributed by atoms with E-state index in [9.17, 15) is 18.5 Å². The first kappa shape index (κ1) is 18.1. The predicted molar refractivity (Wildman–Crippen MR) is 74.5 cm³/mol. The fraction of sp³-hybridized carbons (Fsp3) is 0.333. The second-order valence-corrected chi connectivity index (χ2v) is 5.46. The van der Waals surface area contributed by atoms with E-state index >= 15 is 0 Å². The maximum Gasteiger partial charge on any atom is 0.290 e. The number of hydrogen-bond acceptors (Lipinski definition) is 5. The van der Waals surface area contributed by atoms with Crippen LogP contribution in [-0.2, 0) is 10.0 Å². The average molecular weight is 330 g/mol. The molecule has 0 fully saturated rings. The molecular weight excluding hydrogens is 317 g/mol. The van der Waals surface area contributed by atoms with Crippen molar-refractivity contribution in [2.45, 2.75) is 4.90 Å². The van der Waals surface area contributed by atoms with Gasteiger partial charge < -0.3 is 5.32 Å². The molecule has 0 aliphatic carbocycles. The van der Waals surface area contributed by atoms with Crippen LogP contribution in [0.1, 0.15) is 0 Å². The van der Waals surface area contributed by atoms with E-state index < -0.39 is 25.5 Å². The Labute approximate surface area is 121 Å². The molecular formula is C9H13Cl2N3O4S. The molecule has 0 aliphatic rings. The quantitative estimate of drug-likeness (QED) is 0.463. The molecule has 0 spiro atoms. The highest BCUT2D eigenvalue weighted by Gasteiger charge is 2.28. The monoisotopic (exact) mass is 329 g/mol. The summed E-state index contributed by atoms with van der Waals surface area (Å²) in [4.78, 5) is 9.51. The van der Waals surface area contributed by atoms with Gasteiger partial charge in [-0.05, 0) is 13.1 Å². The van der Waals surface area contributed by atoms with Crippen LogP contribution in [0.25, 0.3) is 0 Å².